The van der Waals surface area contributed by atoms with Crippen LogP contribution in [-0.2, 0) is 12.1 Å². The number of nitrogens with zero attached hydrogens (tertiary/aromatic N) is 2. The number of hydrazine groups is 1. The van der Waals surface area contributed by atoms with Crippen LogP contribution in [0.4, 0.5) is 10.5 Å². The third-order valence-corrected chi connectivity index (χ3v) is 7.03. The number of rotatable bonds is 9. The van der Waals surface area contributed by atoms with E-state index in [1.54, 1.807) is 18.2 Å². The van der Waals surface area contributed by atoms with Gasteiger partial charge in [-0.1, -0.05) is 36.9 Å². The summed E-state index contributed by atoms with van der Waals surface area (Å²) >= 11 is 1.30. The van der Waals surface area contributed by atoms with Crippen molar-refractivity contribution in [2.75, 3.05) is 24.8 Å². The molecule has 184 valence electrons. The molecule has 3 aromatic rings. The van der Waals surface area contributed by atoms with E-state index in [2.05, 4.69) is 27.9 Å². The Morgan fingerprint density at radius 3 is 2.63 bits per heavy atom. The van der Waals surface area contributed by atoms with Crippen LogP contribution in [0.25, 0.3) is 0 Å². The standard InChI is InChI=1S/C25H29N5O4S/c1-4-25(18-8-11-21(34-5-2)22(14-18)33-3)16-35-24(32)30(29-25)15-17-6-9-19(10-7-17)27-23(31)20-12-13-26-28-20/h6-14,29H,4-5,15-16H2,1-3H3,(H,26,28)(H,27,31). The third kappa shape index (κ3) is 5.44. The zero-order valence-corrected chi connectivity index (χ0v) is 20.8. The number of aromatic nitrogens is 2. The average molecular weight is 496 g/mol. The number of methoxy groups -OCH3 is 1. The van der Waals surface area contributed by atoms with Crippen molar-refractivity contribution in [3.63, 3.8) is 0 Å². The average Bonchev–Trinajstić information content (AvgIpc) is 3.42. The van der Waals surface area contributed by atoms with Crippen LogP contribution < -0.4 is 20.2 Å². The monoisotopic (exact) mass is 495 g/mol. The van der Waals surface area contributed by atoms with Crippen LogP contribution in [0, 0.1) is 0 Å². The topological polar surface area (TPSA) is 109 Å². The number of benzene rings is 2. The molecular weight excluding hydrogens is 466 g/mol. The molecule has 1 saturated heterocycles. The van der Waals surface area contributed by atoms with Crippen molar-refractivity contribution in [2.24, 2.45) is 0 Å². The van der Waals surface area contributed by atoms with Gasteiger partial charge in [0.1, 0.15) is 5.69 Å². The van der Waals surface area contributed by atoms with Crippen LogP contribution in [0.15, 0.2) is 54.7 Å². The van der Waals surface area contributed by atoms with E-state index >= 15 is 0 Å². The summed E-state index contributed by atoms with van der Waals surface area (Å²) in [6.45, 7) is 4.97. The largest absolute Gasteiger partial charge is 0.493 e. The Morgan fingerprint density at radius 2 is 1.97 bits per heavy atom. The van der Waals surface area contributed by atoms with E-state index < -0.39 is 5.54 Å². The predicted molar refractivity (Wildman–Crippen MR) is 136 cm³/mol. The van der Waals surface area contributed by atoms with Gasteiger partial charge in [0.05, 0.1) is 25.8 Å². The number of hydrogen-bond donors (Lipinski definition) is 3. The Labute approximate surface area is 208 Å². The Morgan fingerprint density at radius 1 is 1.17 bits per heavy atom. The number of aromatic amines is 1. The van der Waals surface area contributed by atoms with Gasteiger partial charge in [0, 0.05) is 17.6 Å². The van der Waals surface area contributed by atoms with Crippen molar-refractivity contribution in [2.45, 2.75) is 32.4 Å². The Kier molecular flexibility index (Phi) is 7.62. The predicted octanol–water partition coefficient (Wildman–Crippen LogP) is 4.55. The minimum atomic E-state index is -0.436. The van der Waals surface area contributed by atoms with Gasteiger partial charge in [-0.2, -0.15) is 5.10 Å². The highest BCUT2D eigenvalue weighted by Gasteiger charge is 2.39. The van der Waals surface area contributed by atoms with E-state index in [0.29, 0.717) is 41.8 Å². The van der Waals surface area contributed by atoms with Gasteiger partial charge in [-0.05, 0) is 54.8 Å². The van der Waals surface area contributed by atoms with Gasteiger partial charge in [0.2, 0.25) is 0 Å². The molecule has 1 atom stereocenters. The molecule has 2 amide bonds. The SMILES string of the molecule is CCOc1ccc(C2(CC)CSC(=O)N(Cc3ccc(NC(=O)c4ccn[nH]4)cc3)N2)cc1OC. The van der Waals surface area contributed by atoms with Crippen LogP contribution in [0.2, 0.25) is 0 Å². The summed E-state index contributed by atoms with van der Waals surface area (Å²) in [6, 6.07) is 14.9. The lowest BCUT2D eigenvalue weighted by Gasteiger charge is -2.43. The molecule has 10 heteroatoms. The second-order valence-electron chi connectivity index (χ2n) is 8.11. The van der Waals surface area contributed by atoms with E-state index in [9.17, 15) is 9.59 Å². The molecule has 2 aromatic carbocycles. The Balaban J connectivity index is 1.48. The number of thioether (sulfide) groups is 1. The fourth-order valence-corrected chi connectivity index (χ4v) is 5.00. The van der Waals surface area contributed by atoms with Crippen molar-refractivity contribution in [1.29, 1.82) is 0 Å². The minimum Gasteiger partial charge on any atom is -0.493 e. The molecule has 0 spiro atoms. The van der Waals surface area contributed by atoms with E-state index in [0.717, 1.165) is 17.5 Å². The van der Waals surface area contributed by atoms with Crippen molar-refractivity contribution in [3.8, 4) is 11.5 Å². The number of amides is 2. The molecule has 3 N–H and O–H groups in total. The molecule has 1 fully saturated rings. The molecule has 1 aliphatic heterocycles. The summed E-state index contributed by atoms with van der Waals surface area (Å²) in [4.78, 5) is 25.0. The first-order valence-corrected chi connectivity index (χ1v) is 12.4. The first-order valence-electron chi connectivity index (χ1n) is 11.4. The first-order chi connectivity index (χ1) is 17.0. The molecule has 0 saturated carbocycles. The molecule has 0 aliphatic carbocycles. The molecule has 0 bridgehead atoms. The van der Waals surface area contributed by atoms with Gasteiger partial charge in [-0.15, -0.1) is 0 Å². The maximum absolute atomic E-state index is 12.8. The molecule has 1 aliphatic rings. The van der Waals surface area contributed by atoms with E-state index in [-0.39, 0.29) is 11.1 Å². The summed E-state index contributed by atoms with van der Waals surface area (Å²) < 4.78 is 11.2. The summed E-state index contributed by atoms with van der Waals surface area (Å²) in [6.07, 6.45) is 2.30. The normalized spacial score (nSPS) is 17.8. The maximum atomic E-state index is 12.8. The lowest BCUT2D eigenvalue weighted by Crippen LogP contribution is -2.58. The Bertz CT molecular complexity index is 1170. The Hall–Kier alpha value is -3.50. The highest BCUT2D eigenvalue weighted by molar-refractivity contribution is 8.13. The van der Waals surface area contributed by atoms with Crippen LogP contribution in [0.5, 0.6) is 11.5 Å². The molecule has 35 heavy (non-hydrogen) atoms. The van der Waals surface area contributed by atoms with Gasteiger partial charge >= 0.3 is 0 Å². The molecule has 2 heterocycles. The van der Waals surface area contributed by atoms with Crippen LogP contribution in [-0.4, -0.2) is 45.8 Å². The fourth-order valence-electron chi connectivity index (χ4n) is 3.93. The number of carbonyl (C=O) groups is 2. The van der Waals surface area contributed by atoms with Crippen LogP contribution in [0.3, 0.4) is 0 Å². The van der Waals surface area contributed by atoms with Crippen molar-refractivity contribution in [1.82, 2.24) is 20.6 Å². The summed E-state index contributed by atoms with van der Waals surface area (Å²) in [5, 5.41) is 10.9. The van der Waals surface area contributed by atoms with Crippen LogP contribution in [0.1, 0.15) is 41.9 Å². The number of carbonyl (C=O) groups excluding carboxylic acids is 2. The van der Waals surface area contributed by atoms with Gasteiger partial charge in [-0.3, -0.25) is 19.7 Å². The van der Waals surface area contributed by atoms with Crippen molar-refractivity contribution in [3.05, 3.63) is 71.5 Å². The fraction of sp³-hybridized carbons (Fsp3) is 0.320. The number of nitrogens with one attached hydrogen (secondary N) is 3. The number of H-pyrrole nitrogens is 1. The minimum absolute atomic E-state index is 0.0383. The van der Waals surface area contributed by atoms with Gasteiger partial charge in [-0.25, -0.2) is 5.43 Å². The lowest BCUT2D eigenvalue weighted by molar-refractivity contribution is 0.102. The lowest BCUT2D eigenvalue weighted by atomic mass is 9.89. The maximum Gasteiger partial charge on any atom is 0.296 e. The van der Waals surface area contributed by atoms with Gasteiger partial charge in [0.15, 0.2) is 11.5 Å². The number of anilines is 1. The summed E-state index contributed by atoms with van der Waals surface area (Å²) in [5.41, 5.74) is 6.05. The smallest absolute Gasteiger partial charge is 0.296 e. The second kappa shape index (κ2) is 10.8. The molecule has 1 unspecified atom stereocenters. The third-order valence-electron chi connectivity index (χ3n) is 5.93. The summed E-state index contributed by atoms with van der Waals surface area (Å²) in [7, 11) is 1.63. The highest BCUT2D eigenvalue weighted by Crippen LogP contribution is 2.39. The quantitative estimate of drug-likeness (QED) is 0.400. The molecule has 4 rings (SSSR count). The highest BCUT2D eigenvalue weighted by atomic mass is 32.2. The zero-order chi connectivity index (χ0) is 24.8. The van der Waals surface area contributed by atoms with Crippen molar-refractivity contribution >= 4 is 28.6 Å². The first kappa shape index (κ1) is 24.6. The molecule has 1 aromatic heterocycles. The number of hydrogen-bond acceptors (Lipinski definition) is 7. The van der Waals surface area contributed by atoms with Crippen molar-refractivity contribution < 1.29 is 19.1 Å². The second-order valence-corrected chi connectivity index (χ2v) is 9.03. The van der Waals surface area contributed by atoms with Crippen LogP contribution >= 0.6 is 11.8 Å². The van der Waals surface area contributed by atoms with Gasteiger partial charge in [0.25, 0.3) is 11.1 Å². The van der Waals surface area contributed by atoms with Gasteiger partial charge < -0.3 is 14.8 Å². The van der Waals surface area contributed by atoms with E-state index in [1.807, 2.05) is 49.4 Å². The number of ether oxygens (including phenoxy) is 2. The molecule has 0 radical (unpaired) electrons. The van der Waals surface area contributed by atoms with E-state index in [1.165, 1.54) is 18.0 Å². The van der Waals surface area contributed by atoms with E-state index in [4.69, 9.17) is 9.47 Å². The summed E-state index contributed by atoms with van der Waals surface area (Å²) in [5.74, 6) is 1.70. The molecule has 9 nitrogen and oxygen atoms in total. The molecular formula is C25H29N5O4S. The zero-order valence-electron chi connectivity index (χ0n) is 20.0.